The van der Waals surface area contributed by atoms with Gasteiger partial charge in [-0.15, -0.1) is 0 Å². The molecular weight excluding hydrogens is 248 g/mol. The molecule has 0 aromatic heterocycles. The highest BCUT2D eigenvalue weighted by molar-refractivity contribution is 8.10. The molecule has 96 valence electrons. The Labute approximate surface area is 107 Å². The minimum Gasteiger partial charge on any atom is -0.301 e. The molecule has 0 aliphatic rings. The topological polar surface area (TPSA) is 57.5 Å². The third kappa shape index (κ3) is 2.22. The largest absolute Gasteiger partial charge is 0.301 e. The van der Waals surface area contributed by atoms with Crippen molar-refractivity contribution in [1.82, 2.24) is 0 Å². The summed E-state index contributed by atoms with van der Waals surface area (Å²) in [7, 11) is -4.96. The van der Waals surface area contributed by atoms with Crippen molar-refractivity contribution in [2.75, 3.05) is 0 Å². The van der Waals surface area contributed by atoms with Crippen LogP contribution in [0.5, 0.6) is 0 Å². The number of aryl methyl sites for hydroxylation is 2. The standard InChI is InChI=1S/C14H16O3S/c1-11-3-7-13(8-4-11)18(15,16,17)14-9-5-12(2)6-10-14/h3-10H,1-2H3,(H2,15,16,17). The lowest BCUT2D eigenvalue weighted by Crippen LogP contribution is -2.31. The summed E-state index contributed by atoms with van der Waals surface area (Å²) in [5, 5.41) is 0. The van der Waals surface area contributed by atoms with Crippen LogP contribution in [0.4, 0.5) is 0 Å². The maximum Gasteiger partial charge on any atom is 0.135 e. The molecule has 0 unspecified atom stereocenters. The third-order valence-corrected chi connectivity index (χ3v) is 5.14. The Morgan fingerprint density at radius 2 is 1.00 bits per heavy atom. The van der Waals surface area contributed by atoms with E-state index in [9.17, 15) is 13.3 Å². The van der Waals surface area contributed by atoms with E-state index in [0.29, 0.717) is 0 Å². The second-order valence-electron chi connectivity index (χ2n) is 4.49. The zero-order valence-electron chi connectivity index (χ0n) is 10.3. The lowest BCUT2D eigenvalue weighted by atomic mass is 10.2. The van der Waals surface area contributed by atoms with Crippen molar-refractivity contribution in [2.45, 2.75) is 23.6 Å². The fourth-order valence-electron chi connectivity index (χ4n) is 1.70. The SMILES string of the molecule is Cc1ccc(S(=O)(O)(O)c2ccc(C)cc2)cc1. The van der Waals surface area contributed by atoms with Crippen molar-refractivity contribution in [1.29, 1.82) is 0 Å². The van der Waals surface area contributed by atoms with Gasteiger partial charge in [0.05, 0.1) is 9.79 Å². The van der Waals surface area contributed by atoms with Crippen LogP contribution in [0.1, 0.15) is 11.1 Å². The molecule has 0 spiro atoms. The van der Waals surface area contributed by atoms with Crippen LogP contribution in [0.15, 0.2) is 58.3 Å². The summed E-state index contributed by atoms with van der Waals surface area (Å²) in [4.78, 5) is 0.0305. The summed E-state index contributed by atoms with van der Waals surface area (Å²) < 4.78 is 32.9. The van der Waals surface area contributed by atoms with Gasteiger partial charge in [-0.3, -0.25) is 0 Å². The van der Waals surface area contributed by atoms with Crippen molar-refractivity contribution in [3.05, 3.63) is 59.7 Å². The van der Waals surface area contributed by atoms with Crippen molar-refractivity contribution in [3.63, 3.8) is 0 Å². The van der Waals surface area contributed by atoms with Crippen LogP contribution in [0.25, 0.3) is 0 Å². The summed E-state index contributed by atoms with van der Waals surface area (Å²) >= 11 is 0. The van der Waals surface area contributed by atoms with Gasteiger partial charge in [0, 0.05) is 0 Å². The minimum atomic E-state index is -4.96. The predicted molar refractivity (Wildman–Crippen MR) is 72.3 cm³/mol. The van der Waals surface area contributed by atoms with Gasteiger partial charge in [0.1, 0.15) is 9.63 Å². The molecule has 0 saturated carbocycles. The molecule has 0 aliphatic carbocycles. The molecule has 0 aliphatic heterocycles. The highest BCUT2D eigenvalue weighted by atomic mass is 32.3. The average molecular weight is 264 g/mol. The molecular formula is C14H16O3S. The Bertz CT molecular complexity index is 570. The van der Waals surface area contributed by atoms with Crippen LogP contribution in [0.2, 0.25) is 0 Å². The maximum atomic E-state index is 12.5. The maximum absolute atomic E-state index is 12.5. The van der Waals surface area contributed by atoms with E-state index in [1.807, 2.05) is 13.8 Å². The van der Waals surface area contributed by atoms with Crippen molar-refractivity contribution in [3.8, 4) is 0 Å². The van der Waals surface area contributed by atoms with E-state index in [1.165, 1.54) is 24.3 Å². The molecule has 4 heteroatoms. The summed E-state index contributed by atoms with van der Waals surface area (Å²) in [5.74, 6) is 0. The van der Waals surface area contributed by atoms with Crippen LogP contribution in [-0.2, 0) is 9.63 Å². The number of benzene rings is 2. The van der Waals surface area contributed by atoms with E-state index < -0.39 is 9.63 Å². The Morgan fingerprint density at radius 3 is 1.28 bits per heavy atom. The molecule has 3 nitrogen and oxygen atoms in total. The Kier molecular flexibility index (Phi) is 2.89. The summed E-state index contributed by atoms with van der Waals surface area (Å²) in [5.41, 5.74) is 1.93. The second kappa shape index (κ2) is 4.02. The van der Waals surface area contributed by atoms with Gasteiger partial charge in [-0.1, -0.05) is 35.4 Å². The first kappa shape index (κ1) is 13.0. The van der Waals surface area contributed by atoms with Gasteiger partial charge in [0.15, 0.2) is 0 Å². The van der Waals surface area contributed by atoms with Gasteiger partial charge >= 0.3 is 0 Å². The van der Waals surface area contributed by atoms with E-state index in [1.54, 1.807) is 24.3 Å². The fourth-order valence-corrected chi connectivity index (χ4v) is 3.23. The first-order chi connectivity index (χ1) is 8.28. The highest BCUT2D eigenvalue weighted by Gasteiger charge is 2.34. The lowest BCUT2D eigenvalue weighted by Gasteiger charge is -2.31. The van der Waals surface area contributed by atoms with Crippen molar-refractivity contribution < 1.29 is 13.3 Å². The van der Waals surface area contributed by atoms with Gasteiger partial charge in [-0.05, 0) is 38.1 Å². The van der Waals surface area contributed by atoms with Gasteiger partial charge < -0.3 is 9.11 Å². The third-order valence-electron chi connectivity index (χ3n) is 2.89. The van der Waals surface area contributed by atoms with Gasteiger partial charge in [0.25, 0.3) is 0 Å². The first-order valence-corrected chi connectivity index (χ1v) is 7.46. The molecule has 0 saturated heterocycles. The normalized spacial score (nSPS) is 13.9. The highest BCUT2D eigenvalue weighted by Crippen LogP contribution is 2.37. The number of hydrogen-bond donors (Lipinski definition) is 2. The molecule has 2 aromatic carbocycles. The molecule has 2 N–H and O–H groups in total. The van der Waals surface area contributed by atoms with Crippen molar-refractivity contribution >= 4 is 9.63 Å². The van der Waals surface area contributed by atoms with E-state index in [4.69, 9.17) is 0 Å². The average Bonchev–Trinajstić information content (AvgIpc) is 2.29. The molecule has 0 bridgehead atoms. The zero-order valence-corrected chi connectivity index (χ0v) is 11.1. The zero-order chi connectivity index (χ0) is 13.4. The van der Waals surface area contributed by atoms with Gasteiger partial charge in [0.2, 0.25) is 0 Å². The van der Waals surface area contributed by atoms with Crippen LogP contribution >= 0.6 is 0 Å². The van der Waals surface area contributed by atoms with E-state index >= 15 is 0 Å². The molecule has 2 aromatic rings. The predicted octanol–water partition coefficient (Wildman–Crippen LogP) is 3.49. The Morgan fingerprint density at radius 1 is 0.722 bits per heavy atom. The second-order valence-corrected chi connectivity index (χ2v) is 7.16. The van der Waals surface area contributed by atoms with Gasteiger partial charge in [-0.25, -0.2) is 4.21 Å². The minimum absolute atomic E-state index is 0.0152. The van der Waals surface area contributed by atoms with E-state index in [0.717, 1.165) is 11.1 Å². The smallest absolute Gasteiger partial charge is 0.135 e. The van der Waals surface area contributed by atoms with Crippen LogP contribution in [0.3, 0.4) is 0 Å². The van der Waals surface area contributed by atoms with E-state index in [-0.39, 0.29) is 9.79 Å². The van der Waals surface area contributed by atoms with Gasteiger partial charge in [-0.2, -0.15) is 0 Å². The van der Waals surface area contributed by atoms with E-state index in [2.05, 4.69) is 0 Å². The number of hydrogen-bond acceptors (Lipinski definition) is 1. The molecule has 0 heterocycles. The quantitative estimate of drug-likeness (QED) is 0.873. The fraction of sp³-hybridized carbons (Fsp3) is 0.143. The molecule has 0 amide bonds. The number of rotatable bonds is 2. The molecule has 0 fully saturated rings. The molecule has 2 rings (SSSR count). The van der Waals surface area contributed by atoms with Crippen molar-refractivity contribution in [2.24, 2.45) is 0 Å². The Balaban J connectivity index is 2.60. The molecule has 0 radical (unpaired) electrons. The summed E-state index contributed by atoms with van der Waals surface area (Å²) in [6, 6.07) is 12.7. The van der Waals surface area contributed by atoms with Crippen LogP contribution in [0, 0.1) is 13.8 Å². The van der Waals surface area contributed by atoms with Crippen LogP contribution < -0.4 is 0 Å². The monoisotopic (exact) mass is 264 g/mol. The Hall–Kier alpha value is -1.49. The first-order valence-electron chi connectivity index (χ1n) is 5.58. The molecule has 18 heavy (non-hydrogen) atoms. The van der Waals surface area contributed by atoms with Crippen LogP contribution in [-0.4, -0.2) is 13.3 Å². The summed E-state index contributed by atoms with van der Waals surface area (Å²) in [6.45, 7) is 3.75. The summed E-state index contributed by atoms with van der Waals surface area (Å²) in [6.07, 6.45) is 0. The lowest BCUT2D eigenvalue weighted by molar-refractivity contribution is 0.389. The molecule has 0 atom stereocenters.